The summed E-state index contributed by atoms with van der Waals surface area (Å²) >= 11 is 0. The highest BCUT2D eigenvalue weighted by Crippen LogP contribution is 2.05. The molecule has 0 aromatic heterocycles. The molecule has 1 aromatic carbocycles. The van der Waals surface area contributed by atoms with Crippen LogP contribution in [0.1, 0.15) is 38.7 Å². The Balaban J connectivity index is 2.25. The van der Waals surface area contributed by atoms with Gasteiger partial charge in [0.1, 0.15) is 0 Å². The predicted octanol–water partition coefficient (Wildman–Crippen LogP) is 1.89. The van der Waals surface area contributed by atoms with E-state index in [1.165, 1.54) is 12.5 Å². The van der Waals surface area contributed by atoms with Crippen molar-refractivity contribution >= 4 is 11.8 Å². The fourth-order valence-corrected chi connectivity index (χ4v) is 2.30. The van der Waals surface area contributed by atoms with E-state index in [4.69, 9.17) is 0 Å². The van der Waals surface area contributed by atoms with Crippen molar-refractivity contribution in [2.45, 2.75) is 39.5 Å². The number of nitrogens with zero attached hydrogens (tertiary/aromatic N) is 1. The number of carbonyl (C=O) groups is 2. The largest absolute Gasteiger partial charge is 0.294 e. The number of hydrogen-bond acceptors (Lipinski definition) is 3. The molecule has 0 radical (unpaired) electrons. The van der Waals surface area contributed by atoms with E-state index in [9.17, 15) is 9.59 Å². The second kappa shape index (κ2) is 10.8. The summed E-state index contributed by atoms with van der Waals surface area (Å²) in [5.74, 6) is -0.440. The van der Waals surface area contributed by atoms with E-state index in [2.05, 4.69) is 46.9 Å². The first kappa shape index (κ1) is 18.2. The van der Waals surface area contributed by atoms with Crippen molar-refractivity contribution in [1.82, 2.24) is 15.8 Å². The number of aryl methyl sites for hydroxylation is 1. The number of carbonyl (C=O) groups excluding carboxylic acids is 2. The number of nitrogens with one attached hydrogen (secondary N) is 2. The average molecular weight is 305 g/mol. The molecule has 0 aliphatic heterocycles. The summed E-state index contributed by atoms with van der Waals surface area (Å²) in [6, 6.07) is 10.4. The van der Waals surface area contributed by atoms with Crippen molar-refractivity contribution in [3.05, 3.63) is 35.9 Å². The smallest absolute Gasteiger partial charge is 0.252 e. The van der Waals surface area contributed by atoms with E-state index in [0.717, 1.165) is 38.8 Å². The van der Waals surface area contributed by atoms with Gasteiger partial charge in [-0.15, -0.1) is 0 Å². The summed E-state index contributed by atoms with van der Waals surface area (Å²) in [6.45, 7) is 5.57. The normalized spacial score (nSPS) is 10.5. The summed E-state index contributed by atoms with van der Waals surface area (Å²) in [5.41, 5.74) is 6.08. The molecule has 0 spiro atoms. The van der Waals surface area contributed by atoms with Gasteiger partial charge in [0.25, 0.3) is 5.91 Å². The predicted molar refractivity (Wildman–Crippen MR) is 88.1 cm³/mol. The SMILES string of the molecule is CCCN(CCCCc1ccccc1)CC(=O)NNC(C)=O. The minimum absolute atomic E-state index is 0.174. The first-order valence-corrected chi connectivity index (χ1v) is 7.93. The van der Waals surface area contributed by atoms with Crippen LogP contribution in [0.2, 0.25) is 0 Å². The van der Waals surface area contributed by atoms with Crippen LogP contribution in [0.3, 0.4) is 0 Å². The van der Waals surface area contributed by atoms with Gasteiger partial charge in [0.2, 0.25) is 5.91 Å². The summed E-state index contributed by atoms with van der Waals surface area (Å²) in [6.07, 6.45) is 4.24. The molecule has 2 N–H and O–H groups in total. The summed E-state index contributed by atoms with van der Waals surface area (Å²) in [4.78, 5) is 24.6. The lowest BCUT2D eigenvalue weighted by atomic mass is 10.1. The zero-order chi connectivity index (χ0) is 16.2. The molecular formula is C17H27N3O2. The highest BCUT2D eigenvalue weighted by molar-refractivity contribution is 5.81. The molecule has 122 valence electrons. The van der Waals surface area contributed by atoms with Crippen molar-refractivity contribution in [3.8, 4) is 0 Å². The highest BCUT2D eigenvalue weighted by Gasteiger charge is 2.09. The van der Waals surface area contributed by atoms with Crippen LogP contribution in [0, 0.1) is 0 Å². The van der Waals surface area contributed by atoms with Crippen LogP contribution in [0.5, 0.6) is 0 Å². The second-order valence-electron chi connectivity index (χ2n) is 5.45. The number of hydrazine groups is 1. The van der Waals surface area contributed by atoms with Crippen LogP contribution in [0.15, 0.2) is 30.3 Å². The lowest BCUT2D eigenvalue weighted by molar-refractivity contribution is -0.128. The lowest BCUT2D eigenvalue weighted by Crippen LogP contribution is -2.46. The van der Waals surface area contributed by atoms with Crippen molar-refractivity contribution in [2.24, 2.45) is 0 Å². The van der Waals surface area contributed by atoms with E-state index < -0.39 is 0 Å². The molecule has 0 aliphatic carbocycles. The number of unbranched alkanes of at least 4 members (excludes halogenated alkanes) is 1. The zero-order valence-electron chi connectivity index (χ0n) is 13.6. The van der Waals surface area contributed by atoms with Crippen molar-refractivity contribution in [2.75, 3.05) is 19.6 Å². The quantitative estimate of drug-likeness (QED) is 0.541. The number of hydrogen-bond donors (Lipinski definition) is 2. The molecule has 0 saturated carbocycles. The van der Waals surface area contributed by atoms with Crippen LogP contribution in [-0.4, -0.2) is 36.3 Å². The molecule has 2 amide bonds. The van der Waals surface area contributed by atoms with Gasteiger partial charge in [-0.2, -0.15) is 0 Å². The number of benzene rings is 1. The fraction of sp³-hybridized carbons (Fsp3) is 0.529. The Kier molecular flexibility index (Phi) is 8.91. The topological polar surface area (TPSA) is 61.4 Å². The third-order valence-corrected chi connectivity index (χ3v) is 3.32. The molecule has 0 unspecified atom stereocenters. The van der Waals surface area contributed by atoms with Gasteiger partial charge in [-0.25, -0.2) is 0 Å². The van der Waals surface area contributed by atoms with Crippen LogP contribution >= 0.6 is 0 Å². The maximum Gasteiger partial charge on any atom is 0.252 e. The highest BCUT2D eigenvalue weighted by atomic mass is 16.2. The van der Waals surface area contributed by atoms with Crippen molar-refractivity contribution in [3.63, 3.8) is 0 Å². The Morgan fingerprint density at radius 3 is 2.41 bits per heavy atom. The molecule has 1 rings (SSSR count). The summed E-state index contributed by atoms with van der Waals surface area (Å²) in [5, 5.41) is 0. The molecule has 5 heteroatoms. The molecule has 0 fully saturated rings. The molecule has 0 heterocycles. The first-order valence-electron chi connectivity index (χ1n) is 7.93. The standard InChI is InChI=1S/C17H27N3O2/c1-3-12-20(14-17(22)19-18-15(2)21)13-8-7-11-16-9-5-4-6-10-16/h4-6,9-10H,3,7-8,11-14H2,1-2H3,(H,18,21)(H,19,22). The van der Waals surface area contributed by atoms with Gasteiger partial charge in [-0.3, -0.25) is 25.3 Å². The maximum absolute atomic E-state index is 11.7. The van der Waals surface area contributed by atoms with Gasteiger partial charge in [0, 0.05) is 6.92 Å². The first-order chi connectivity index (χ1) is 10.6. The molecule has 5 nitrogen and oxygen atoms in total. The molecule has 0 bridgehead atoms. The lowest BCUT2D eigenvalue weighted by Gasteiger charge is -2.21. The van der Waals surface area contributed by atoms with Crippen LogP contribution in [0.4, 0.5) is 0 Å². The van der Waals surface area contributed by atoms with Crippen molar-refractivity contribution in [1.29, 1.82) is 0 Å². The van der Waals surface area contributed by atoms with Crippen LogP contribution < -0.4 is 10.9 Å². The van der Waals surface area contributed by atoms with E-state index in [1.54, 1.807) is 0 Å². The zero-order valence-corrected chi connectivity index (χ0v) is 13.6. The number of rotatable bonds is 9. The molecule has 0 saturated heterocycles. The van der Waals surface area contributed by atoms with Gasteiger partial charge < -0.3 is 0 Å². The summed E-state index contributed by atoms with van der Waals surface area (Å²) in [7, 11) is 0. The Morgan fingerprint density at radius 1 is 1.05 bits per heavy atom. The molecule has 22 heavy (non-hydrogen) atoms. The number of amides is 2. The van der Waals surface area contributed by atoms with E-state index >= 15 is 0 Å². The van der Waals surface area contributed by atoms with Gasteiger partial charge in [-0.05, 0) is 44.3 Å². The third kappa shape index (κ3) is 8.42. The van der Waals surface area contributed by atoms with Crippen LogP contribution in [-0.2, 0) is 16.0 Å². The monoisotopic (exact) mass is 305 g/mol. The maximum atomic E-state index is 11.7. The molecule has 1 aromatic rings. The minimum Gasteiger partial charge on any atom is -0.294 e. The molecule has 0 atom stereocenters. The third-order valence-electron chi connectivity index (χ3n) is 3.32. The van der Waals surface area contributed by atoms with E-state index in [1.807, 2.05) is 6.07 Å². The van der Waals surface area contributed by atoms with Gasteiger partial charge in [-0.1, -0.05) is 37.3 Å². The Labute approximate surface area is 133 Å². The van der Waals surface area contributed by atoms with Gasteiger partial charge in [0.15, 0.2) is 0 Å². The van der Waals surface area contributed by atoms with Crippen molar-refractivity contribution < 1.29 is 9.59 Å². The summed E-state index contributed by atoms with van der Waals surface area (Å²) < 4.78 is 0. The average Bonchev–Trinajstić information content (AvgIpc) is 2.50. The van der Waals surface area contributed by atoms with E-state index in [-0.39, 0.29) is 11.8 Å². The van der Waals surface area contributed by atoms with Crippen LogP contribution in [0.25, 0.3) is 0 Å². The Morgan fingerprint density at radius 2 is 1.77 bits per heavy atom. The van der Waals surface area contributed by atoms with Gasteiger partial charge >= 0.3 is 0 Å². The fourth-order valence-electron chi connectivity index (χ4n) is 2.30. The Hall–Kier alpha value is -1.88. The van der Waals surface area contributed by atoms with E-state index in [0.29, 0.717) is 6.54 Å². The molecular weight excluding hydrogens is 278 g/mol. The second-order valence-corrected chi connectivity index (χ2v) is 5.45. The molecule has 0 aliphatic rings. The minimum atomic E-state index is -0.266. The van der Waals surface area contributed by atoms with Gasteiger partial charge in [0.05, 0.1) is 6.54 Å². The Bertz CT molecular complexity index is 448.